The van der Waals surface area contributed by atoms with E-state index in [2.05, 4.69) is 10.6 Å². The monoisotopic (exact) mass is 1040 g/mol. The SMILES string of the molecule is C.CC[C@@H](C)C(=O)N[C@H](C(=O)N1CCC[C@H]1CN(CCc1ccc(OC)cc1)C(=O)CCCCCCCCC(=O)N(CCc1ccc(OC)cc1)C[C@@H]1CCCN1C(=O)[C@@H](CC(=O)[C@H](C)NC)C(C)(C)C)C(C)(C)C. The van der Waals surface area contributed by atoms with E-state index in [9.17, 15) is 28.8 Å². The lowest BCUT2D eigenvalue weighted by Gasteiger charge is -2.37. The molecule has 0 saturated carbocycles. The summed E-state index contributed by atoms with van der Waals surface area (Å²) in [4.78, 5) is 90.8. The zero-order valence-electron chi connectivity index (χ0n) is 47.7. The molecular weight excluding hydrogens is 945 g/mol. The number of likely N-dealkylation sites (N-methyl/N-ethyl adjacent to an activating group) is 1. The maximum atomic E-state index is 14.3. The molecule has 75 heavy (non-hydrogen) atoms. The molecule has 4 rings (SSSR count). The summed E-state index contributed by atoms with van der Waals surface area (Å²) in [5, 5.41) is 6.11. The number of hydrogen-bond donors (Lipinski definition) is 2. The van der Waals surface area contributed by atoms with Crippen LogP contribution in [0.2, 0.25) is 0 Å². The molecule has 6 atom stereocenters. The van der Waals surface area contributed by atoms with Crippen molar-refractivity contribution in [2.75, 3.05) is 60.5 Å². The van der Waals surface area contributed by atoms with E-state index < -0.39 is 22.8 Å². The largest absolute Gasteiger partial charge is 0.497 e. The van der Waals surface area contributed by atoms with Crippen LogP contribution in [0.4, 0.5) is 0 Å². The van der Waals surface area contributed by atoms with Crippen LogP contribution in [0.3, 0.4) is 0 Å². The summed E-state index contributed by atoms with van der Waals surface area (Å²) in [5.41, 5.74) is 1.32. The molecule has 0 bridgehead atoms. The van der Waals surface area contributed by atoms with Gasteiger partial charge in [0.1, 0.15) is 23.3 Å². The van der Waals surface area contributed by atoms with Crippen LogP contribution in [0.5, 0.6) is 11.5 Å². The fraction of sp³-hybridized carbons (Fsp3) is 0.705. The first kappa shape index (κ1) is 64.3. The smallest absolute Gasteiger partial charge is 0.246 e. The van der Waals surface area contributed by atoms with Crippen LogP contribution < -0.4 is 20.1 Å². The van der Waals surface area contributed by atoms with Crippen molar-refractivity contribution in [3.8, 4) is 11.5 Å². The first-order chi connectivity index (χ1) is 35.1. The standard InChI is InChI=1S/C60H96N6O8.CH4/c1-13-43(2)56(70)62-55(60(7,8)9)58(72)66-37-21-23-48(66)42-64(39-35-46-28-32-50(74-12)33-29-46)54(69)25-19-17-15-14-16-18-24-53(68)63(38-34-45-26-30-49(73-11)31-27-45)41-47-22-20-36-65(47)57(71)51(59(4,5)6)40-52(67)44(3)61-10;/h26-33,43-44,47-48,51,55,61H,13-25,34-42H2,1-12H3,(H,62,70);1H4/t43-,44+,47+,48+,51-,55-;/m1./s1. The Morgan fingerprint density at radius 1 is 0.653 bits per heavy atom. The minimum atomic E-state index is -0.668. The second-order valence-corrected chi connectivity index (χ2v) is 23.4. The van der Waals surface area contributed by atoms with Crippen molar-refractivity contribution in [3.63, 3.8) is 0 Å². The lowest BCUT2D eigenvalue weighted by atomic mass is 9.76. The number of nitrogens with zero attached hydrogens (tertiary/aromatic N) is 4. The van der Waals surface area contributed by atoms with E-state index in [1.807, 2.05) is 130 Å². The number of unbranched alkanes of at least 4 members (excludes halogenated alkanes) is 5. The van der Waals surface area contributed by atoms with Crippen molar-refractivity contribution < 1.29 is 38.2 Å². The van der Waals surface area contributed by atoms with Gasteiger partial charge in [-0.1, -0.05) is 113 Å². The normalized spacial score (nSPS) is 17.3. The van der Waals surface area contributed by atoms with Crippen LogP contribution in [0.1, 0.15) is 171 Å². The molecule has 2 N–H and O–H groups in total. The summed E-state index contributed by atoms with van der Waals surface area (Å²) in [6.45, 7) is 21.0. The number of ketones is 1. The molecule has 14 heteroatoms. The van der Waals surface area contributed by atoms with Gasteiger partial charge in [-0.3, -0.25) is 28.8 Å². The summed E-state index contributed by atoms with van der Waals surface area (Å²) in [5.74, 6) is 0.927. The zero-order valence-corrected chi connectivity index (χ0v) is 47.7. The fourth-order valence-corrected chi connectivity index (χ4v) is 10.3. The lowest BCUT2D eigenvalue weighted by Crippen LogP contribution is -2.57. The molecule has 0 spiro atoms. The van der Waals surface area contributed by atoms with Gasteiger partial charge in [-0.05, 0) is 118 Å². The average Bonchev–Trinajstić information content (AvgIpc) is 4.06. The van der Waals surface area contributed by atoms with Gasteiger partial charge in [0.05, 0.1) is 20.3 Å². The molecule has 2 fully saturated rings. The van der Waals surface area contributed by atoms with Crippen LogP contribution in [0.25, 0.3) is 0 Å². The van der Waals surface area contributed by atoms with Gasteiger partial charge < -0.3 is 39.7 Å². The lowest BCUT2D eigenvalue weighted by molar-refractivity contribution is -0.144. The van der Waals surface area contributed by atoms with Gasteiger partial charge in [0, 0.05) is 82.5 Å². The van der Waals surface area contributed by atoms with Crippen LogP contribution in [-0.4, -0.2) is 140 Å². The van der Waals surface area contributed by atoms with E-state index in [4.69, 9.17) is 9.47 Å². The highest BCUT2D eigenvalue weighted by atomic mass is 16.5. The molecule has 14 nitrogen and oxygen atoms in total. The maximum absolute atomic E-state index is 14.3. The van der Waals surface area contributed by atoms with Crippen molar-refractivity contribution in [2.24, 2.45) is 22.7 Å². The van der Waals surface area contributed by atoms with Crippen molar-refractivity contribution in [1.82, 2.24) is 30.2 Å². The number of benzene rings is 2. The van der Waals surface area contributed by atoms with Gasteiger partial charge in [0.2, 0.25) is 29.5 Å². The Hall–Kier alpha value is -4.98. The van der Waals surface area contributed by atoms with Crippen LogP contribution in [0.15, 0.2) is 48.5 Å². The molecule has 0 radical (unpaired) electrons. The van der Waals surface area contributed by atoms with E-state index in [1.54, 1.807) is 21.3 Å². The number of carbonyl (C=O) groups excluding carboxylic acids is 6. The predicted octanol–water partition coefficient (Wildman–Crippen LogP) is 9.69. The number of amides is 5. The average molecular weight is 1050 g/mol. The quantitative estimate of drug-likeness (QED) is 0.0727. The van der Waals surface area contributed by atoms with E-state index in [1.165, 1.54) is 0 Å². The number of rotatable bonds is 30. The first-order valence-electron chi connectivity index (χ1n) is 28.0. The summed E-state index contributed by atoms with van der Waals surface area (Å²) in [6.07, 6.45) is 11.6. The molecule has 2 saturated heterocycles. The van der Waals surface area contributed by atoms with Gasteiger partial charge in [-0.15, -0.1) is 0 Å². The van der Waals surface area contributed by atoms with Crippen molar-refractivity contribution in [3.05, 3.63) is 59.7 Å². The van der Waals surface area contributed by atoms with Crippen LogP contribution in [-0.2, 0) is 41.6 Å². The van der Waals surface area contributed by atoms with Gasteiger partial charge in [-0.25, -0.2) is 0 Å². The molecule has 0 aromatic heterocycles. The summed E-state index contributed by atoms with van der Waals surface area (Å²) in [7, 11) is 5.05. The molecule has 422 valence electrons. The van der Waals surface area contributed by atoms with Crippen molar-refractivity contribution >= 4 is 35.3 Å². The fourth-order valence-electron chi connectivity index (χ4n) is 10.3. The highest BCUT2D eigenvalue weighted by molar-refractivity contribution is 5.91. The second-order valence-electron chi connectivity index (χ2n) is 23.4. The summed E-state index contributed by atoms with van der Waals surface area (Å²) >= 11 is 0. The highest BCUT2D eigenvalue weighted by Gasteiger charge is 2.42. The Bertz CT molecular complexity index is 1930. The number of nitrogens with one attached hydrogen (secondary N) is 2. The second kappa shape index (κ2) is 31.3. The number of carbonyl (C=O) groups is 6. The number of hydrogen-bond acceptors (Lipinski definition) is 9. The Morgan fingerprint density at radius 2 is 1.08 bits per heavy atom. The number of likely N-dealkylation sites (tertiary alicyclic amines) is 2. The number of Topliss-reactive ketones (excluding diaryl/α,β-unsaturated/α-hetero) is 1. The van der Waals surface area contributed by atoms with Gasteiger partial charge in [-0.2, -0.15) is 0 Å². The molecule has 0 aliphatic carbocycles. The van der Waals surface area contributed by atoms with E-state index >= 15 is 0 Å². The van der Waals surface area contributed by atoms with E-state index in [0.717, 1.165) is 86.8 Å². The summed E-state index contributed by atoms with van der Waals surface area (Å²) < 4.78 is 10.7. The Balaban J connectivity index is 0.0000148. The Morgan fingerprint density at radius 3 is 1.47 bits per heavy atom. The van der Waals surface area contributed by atoms with Gasteiger partial charge >= 0.3 is 0 Å². The maximum Gasteiger partial charge on any atom is 0.246 e. The van der Waals surface area contributed by atoms with Crippen molar-refractivity contribution in [1.29, 1.82) is 0 Å². The topological polar surface area (TPSA) is 158 Å². The molecule has 2 aliphatic heterocycles. The van der Waals surface area contributed by atoms with Gasteiger partial charge in [0.25, 0.3) is 0 Å². The molecule has 2 heterocycles. The minimum absolute atomic E-state index is 0. The third-order valence-corrected chi connectivity index (χ3v) is 15.7. The predicted molar refractivity (Wildman–Crippen MR) is 302 cm³/mol. The third-order valence-electron chi connectivity index (χ3n) is 15.7. The van der Waals surface area contributed by atoms with Crippen molar-refractivity contribution in [2.45, 2.75) is 197 Å². The molecule has 2 aliphatic rings. The molecular formula is C61H100N6O8. The Labute approximate surface area is 453 Å². The van der Waals surface area contributed by atoms with E-state index in [-0.39, 0.29) is 73.2 Å². The van der Waals surface area contributed by atoms with Gasteiger partial charge in [0.15, 0.2) is 0 Å². The third kappa shape index (κ3) is 20.2. The van der Waals surface area contributed by atoms with E-state index in [0.29, 0.717) is 71.4 Å². The zero-order chi connectivity index (χ0) is 54.6. The highest BCUT2D eigenvalue weighted by Crippen LogP contribution is 2.34. The minimum Gasteiger partial charge on any atom is -0.497 e. The molecule has 2 aromatic carbocycles. The van der Waals surface area contributed by atoms with Crippen LogP contribution in [0, 0.1) is 22.7 Å². The molecule has 0 unspecified atom stereocenters. The number of ether oxygens (including phenoxy) is 2. The number of methoxy groups -OCH3 is 2. The summed E-state index contributed by atoms with van der Waals surface area (Å²) in [6, 6.07) is 14.6. The first-order valence-corrected chi connectivity index (χ1v) is 28.0. The Kier molecular flexibility index (Phi) is 26.8. The molecule has 2 aromatic rings. The molecule has 5 amide bonds. The van der Waals surface area contributed by atoms with Crippen LogP contribution >= 0.6 is 0 Å².